The number of rotatable bonds is 3. The number of nitrogens with zero attached hydrogens (tertiary/aromatic N) is 1. The molecule has 1 aliphatic carbocycles. The fraction of sp³-hybridized carbons (Fsp3) is 0.625. The molecular formula is C8H12ClNO. The molecule has 0 saturated heterocycles. The molecule has 0 radical (unpaired) electrons. The molecule has 0 aromatic carbocycles. The molecule has 1 aliphatic rings. The van der Waals surface area contributed by atoms with E-state index in [4.69, 9.17) is 16.3 Å². The molecule has 0 aromatic rings. The van der Waals surface area contributed by atoms with Crippen molar-refractivity contribution in [2.45, 2.75) is 19.8 Å². The molecule has 62 valence electrons. The molecule has 0 spiro atoms. The Labute approximate surface area is 71.9 Å². The number of ether oxygens (including phenoxy) is 1. The molecule has 3 heteroatoms. The summed E-state index contributed by atoms with van der Waals surface area (Å²) in [5.41, 5.74) is 1.29. The Balaban J connectivity index is 2.68. The van der Waals surface area contributed by atoms with Crippen LogP contribution in [0.4, 0.5) is 0 Å². The molecule has 1 rings (SSSR count). The van der Waals surface area contributed by atoms with Gasteiger partial charge >= 0.3 is 0 Å². The molecule has 1 fully saturated rings. The van der Waals surface area contributed by atoms with E-state index < -0.39 is 0 Å². The monoisotopic (exact) mass is 173 g/mol. The second-order valence-corrected chi connectivity index (χ2v) is 2.74. The zero-order valence-electron chi connectivity index (χ0n) is 6.85. The third-order valence-electron chi connectivity index (χ3n) is 1.49. The Morgan fingerprint density at radius 1 is 1.64 bits per heavy atom. The van der Waals surface area contributed by atoms with Gasteiger partial charge in [-0.05, 0) is 25.3 Å². The molecule has 2 nitrogen and oxygen atoms in total. The Bertz CT molecular complexity index is 202. The maximum atomic E-state index is 5.81. The fourth-order valence-corrected chi connectivity index (χ4v) is 1.03. The largest absolute Gasteiger partial charge is 0.491 e. The summed E-state index contributed by atoms with van der Waals surface area (Å²) < 4.78 is 5.34. The molecule has 0 amide bonds. The molecule has 0 N–H and O–H groups in total. The van der Waals surface area contributed by atoms with Gasteiger partial charge in [0.05, 0.1) is 6.61 Å². The average molecular weight is 174 g/mol. The zero-order chi connectivity index (χ0) is 8.27. The van der Waals surface area contributed by atoms with Crippen molar-refractivity contribution in [3.8, 4) is 0 Å². The molecule has 0 bridgehead atoms. The van der Waals surface area contributed by atoms with Crippen LogP contribution in [0.3, 0.4) is 0 Å². The highest BCUT2D eigenvalue weighted by Crippen LogP contribution is 2.33. The molecule has 0 heterocycles. The van der Waals surface area contributed by atoms with Crippen LogP contribution in [0.25, 0.3) is 0 Å². The third kappa shape index (κ3) is 2.22. The number of hydrogen-bond acceptors (Lipinski definition) is 2. The summed E-state index contributed by atoms with van der Waals surface area (Å²) in [7, 11) is 1.67. The summed E-state index contributed by atoms with van der Waals surface area (Å²) in [5.74, 6) is 0.802. The number of hydrogen-bond donors (Lipinski definition) is 0. The van der Waals surface area contributed by atoms with Crippen LogP contribution in [-0.4, -0.2) is 18.8 Å². The highest BCUT2D eigenvalue weighted by atomic mass is 35.5. The van der Waals surface area contributed by atoms with E-state index >= 15 is 0 Å². The Morgan fingerprint density at radius 3 is 2.64 bits per heavy atom. The van der Waals surface area contributed by atoms with Crippen LogP contribution in [0.2, 0.25) is 0 Å². The first-order valence-electron chi connectivity index (χ1n) is 3.77. The normalized spacial score (nSPS) is 16.6. The predicted octanol–water partition coefficient (Wildman–Crippen LogP) is 2.34. The molecule has 1 saturated carbocycles. The van der Waals surface area contributed by atoms with Crippen LogP contribution >= 0.6 is 11.6 Å². The first kappa shape index (κ1) is 8.60. The van der Waals surface area contributed by atoms with Crippen LogP contribution in [0.5, 0.6) is 0 Å². The van der Waals surface area contributed by atoms with E-state index in [0.717, 1.165) is 18.6 Å². The van der Waals surface area contributed by atoms with Gasteiger partial charge in [0.25, 0.3) is 0 Å². The number of allylic oxidation sites excluding steroid dienone is 2. The topological polar surface area (TPSA) is 21.6 Å². The van der Waals surface area contributed by atoms with Gasteiger partial charge in [-0.2, -0.15) is 0 Å². The lowest BCUT2D eigenvalue weighted by Crippen LogP contribution is -1.99. The van der Waals surface area contributed by atoms with Crippen LogP contribution in [0.1, 0.15) is 19.8 Å². The Hall–Kier alpha value is -0.500. The van der Waals surface area contributed by atoms with Crippen molar-refractivity contribution in [3.05, 3.63) is 11.3 Å². The maximum absolute atomic E-state index is 5.81. The summed E-state index contributed by atoms with van der Waals surface area (Å²) >= 11 is 5.81. The van der Waals surface area contributed by atoms with Gasteiger partial charge in [-0.15, -0.1) is 0 Å². The van der Waals surface area contributed by atoms with Crippen molar-refractivity contribution in [3.63, 3.8) is 0 Å². The average Bonchev–Trinajstić information content (AvgIpc) is 2.81. The highest BCUT2D eigenvalue weighted by molar-refractivity contribution is 6.69. The SMILES string of the molecule is CCOC(C(Cl)=NC)=C1CC1. The van der Waals surface area contributed by atoms with Crippen molar-refractivity contribution < 1.29 is 4.74 Å². The molecule has 0 unspecified atom stereocenters. The van der Waals surface area contributed by atoms with E-state index in [1.54, 1.807) is 7.05 Å². The van der Waals surface area contributed by atoms with Crippen LogP contribution in [0.15, 0.2) is 16.3 Å². The minimum atomic E-state index is 0.499. The van der Waals surface area contributed by atoms with Crippen LogP contribution < -0.4 is 0 Å². The standard InChI is InChI=1S/C8H12ClNO/c1-3-11-7(6-4-5-6)8(9)10-2/h3-5H2,1-2H3. The van der Waals surface area contributed by atoms with Gasteiger partial charge in [-0.1, -0.05) is 11.6 Å². The van der Waals surface area contributed by atoms with Crippen molar-refractivity contribution in [1.29, 1.82) is 0 Å². The van der Waals surface area contributed by atoms with Crippen molar-refractivity contribution in [2.75, 3.05) is 13.7 Å². The van der Waals surface area contributed by atoms with E-state index in [9.17, 15) is 0 Å². The minimum absolute atomic E-state index is 0.499. The first-order valence-corrected chi connectivity index (χ1v) is 4.14. The van der Waals surface area contributed by atoms with Crippen LogP contribution in [0, 0.1) is 0 Å². The third-order valence-corrected chi connectivity index (χ3v) is 1.83. The van der Waals surface area contributed by atoms with Crippen molar-refractivity contribution >= 4 is 16.8 Å². The molecule has 11 heavy (non-hydrogen) atoms. The fourth-order valence-electron chi connectivity index (χ4n) is 0.843. The van der Waals surface area contributed by atoms with Gasteiger partial charge in [-0.25, -0.2) is 0 Å². The van der Waals surface area contributed by atoms with E-state index in [0.29, 0.717) is 11.8 Å². The lowest BCUT2D eigenvalue weighted by Gasteiger charge is -2.04. The van der Waals surface area contributed by atoms with E-state index in [-0.39, 0.29) is 0 Å². The van der Waals surface area contributed by atoms with Gasteiger partial charge in [0.1, 0.15) is 0 Å². The van der Waals surface area contributed by atoms with Gasteiger partial charge in [0.15, 0.2) is 10.9 Å². The Morgan fingerprint density at radius 2 is 2.27 bits per heavy atom. The van der Waals surface area contributed by atoms with Gasteiger partial charge in [0.2, 0.25) is 0 Å². The van der Waals surface area contributed by atoms with Gasteiger partial charge < -0.3 is 4.74 Å². The van der Waals surface area contributed by atoms with Crippen molar-refractivity contribution in [2.24, 2.45) is 4.99 Å². The Kier molecular flexibility index (Phi) is 2.94. The molecule has 0 atom stereocenters. The minimum Gasteiger partial charge on any atom is -0.491 e. The lowest BCUT2D eigenvalue weighted by molar-refractivity contribution is 0.249. The molecule has 0 aromatic heterocycles. The van der Waals surface area contributed by atoms with Crippen molar-refractivity contribution in [1.82, 2.24) is 0 Å². The summed E-state index contributed by atoms with van der Waals surface area (Å²) in [6.45, 7) is 2.60. The second-order valence-electron chi connectivity index (χ2n) is 2.38. The predicted molar refractivity (Wildman–Crippen MR) is 47.1 cm³/mol. The number of aliphatic imine (C=N–C) groups is 1. The zero-order valence-corrected chi connectivity index (χ0v) is 7.61. The van der Waals surface area contributed by atoms with Gasteiger partial charge in [0, 0.05) is 7.05 Å². The van der Waals surface area contributed by atoms with Gasteiger partial charge in [-0.3, -0.25) is 4.99 Å². The second kappa shape index (κ2) is 3.77. The summed E-state index contributed by atoms with van der Waals surface area (Å²) in [6.07, 6.45) is 2.22. The summed E-state index contributed by atoms with van der Waals surface area (Å²) in [5, 5.41) is 0.499. The summed E-state index contributed by atoms with van der Waals surface area (Å²) in [4.78, 5) is 3.87. The van der Waals surface area contributed by atoms with E-state index in [1.165, 1.54) is 5.57 Å². The highest BCUT2D eigenvalue weighted by Gasteiger charge is 2.21. The number of halogens is 1. The van der Waals surface area contributed by atoms with E-state index in [1.807, 2.05) is 6.92 Å². The quantitative estimate of drug-likeness (QED) is 0.474. The molecular weight excluding hydrogens is 162 g/mol. The van der Waals surface area contributed by atoms with Crippen LogP contribution in [-0.2, 0) is 4.74 Å². The molecule has 0 aliphatic heterocycles. The summed E-state index contributed by atoms with van der Waals surface area (Å²) in [6, 6.07) is 0. The maximum Gasteiger partial charge on any atom is 0.165 e. The van der Waals surface area contributed by atoms with E-state index in [2.05, 4.69) is 4.99 Å². The smallest absolute Gasteiger partial charge is 0.165 e. The first-order chi connectivity index (χ1) is 5.29. The lowest BCUT2D eigenvalue weighted by atomic mass is 10.4.